The molecule has 1 aliphatic carbocycles. The molecule has 2 fully saturated rings. The van der Waals surface area contributed by atoms with Gasteiger partial charge in [0.05, 0.1) is 5.69 Å². The van der Waals surface area contributed by atoms with Crippen LogP contribution in [0.15, 0.2) is 47.4 Å². The van der Waals surface area contributed by atoms with Gasteiger partial charge in [-0.3, -0.25) is 14.0 Å². The molecule has 1 unspecified atom stereocenters. The third kappa shape index (κ3) is 5.74. The lowest BCUT2D eigenvalue weighted by atomic mass is 9.85. The van der Waals surface area contributed by atoms with Crippen molar-refractivity contribution in [3.05, 3.63) is 64.3 Å². The van der Waals surface area contributed by atoms with Crippen LogP contribution in [0.3, 0.4) is 0 Å². The molecule has 1 saturated heterocycles. The second-order valence-electron chi connectivity index (χ2n) is 9.66. The second kappa shape index (κ2) is 10.4. The number of hydrogen-bond donors (Lipinski definition) is 2. The van der Waals surface area contributed by atoms with Crippen LogP contribution in [0.4, 0.5) is 19.0 Å². The average molecular weight is 516 g/mol. The Hall–Kier alpha value is -3.54. The number of carbonyl (C=O) groups is 1. The SMILES string of the molecule is O=C(NC(c1ccc(N2CCC[C@@H](NCC3CCC3)C2)nn1)C(F)(F)F)c1cc(=O)n2ccccc2n1. The Morgan fingerprint density at radius 1 is 1.11 bits per heavy atom. The van der Waals surface area contributed by atoms with Crippen LogP contribution >= 0.6 is 0 Å². The van der Waals surface area contributed by atoms with Gasteiger partial charge < -0.3 is 15.5 Å². The number of alkyl halides is 3. The second-order valence-corrected chi connectivity index (χ2v) is 9.66. The number of piperidine rings is 1. The van der Waals surface area contributed by atoms with E-state index in [0.717, 1.165) is 37.9 Å². The lowest BCUT2D eigenvalue weighted by molar-refractivity contribution is -0.156. The van der Waals surface area contributed by atoms with Gasteiger partial charge in [-0.15, -0.1) is 5.10 Å². The van der Waals surface area contributed by atoms with E-state index in [9.17, 15) is 22.8 Å². The van der Waals surface area contributed by atoms with E-state index in [1.807, 2.05) is 10.2 Å². The summed E-state index contributed by atoms with van der Waals surface area (Å²) in [5.41, 5.74) is -1.29. The number of carbonyl (C=O) groups excluding carboxylic acids is 1. The molecule has 1 saturated carbocycles. The van der Waals surface area contributed by atoms with Crippen molar-refractivity contribution in [1.82, 2.24) is 30.2 Å². The molecule has 9 nitrogen and oxygen atoms in total. The Bertz CT molecular complexity index is 1310. The molecule has 12 heteroatoms. The zero-order valence-corrected chi connectivity index (χ0v) is 20.1. The summed E-state index contributed by atoms with van der Waals surface area (Å²) >= 11 is 0. The van der Waals surface area contributed by atoms with Gasteiger partial charge in [-0.05, 0) is 62.4 Å². The first-order valence-corrected chi connectivity index (χ1v) is 12.5. The molecular weight excluding hydrogens is 487 g/mol. The first-order chi connectivity index (χ1) is 17.8. The summed E-state index contributed by atoms with van der Waals surface area (Å²) in [6, 6.07) is 6.22. The predicted molar refractivity (Wildman–Crippen MR) is 130 cm³/mol. The minimum absolute atomic E-state index is 0.148. The highest BCUT2D eigenvalue weighted by molar-refractivity contribution is 5.93. The van der Waals surface area contributed by atoms with E-state index in [2.05, 4.69) is 20.5 Å². The van der Waals surface area contributed by atoms with Crippen molar-refractivity contribution in [2.75, 3.05) is 24.5 Å². The number of halogens is 3. The van der Waals surface area contributed by atoms with Gasteiger partial charge in [0.1, 0.15) is 11.3 Å². The fourth-order valence-corrected chi connectivity index (χ4v) is 4.74. The minimum Gasteiger partial charge on any atom is -0.354 e. The average Bonchev–Trinajstić information content (AvgIpc) is 2.86. The van der Waals surface area contributed by atoms with E-state index in [4.69, 9.17) is 0 Å². The van der Waals surface area contributed by atoms with Crippen LogP contribution in [0, 0.1) is 5.92 Å². The molecule has 3 aromatic rings. The third-order valence-electron chi connectivity index (χ3n) is 7.04. The standard InChI is InChI=1S/C25H28F3N7O2/c26-25(27,28)23(31-24(37)19-13-22(36)35-12-2-1-8-20(35)30-19)18-9-10-21(33-32-18)34-11-4-7-17(15-34)29-14-16-5-3-6-16/h1-2,8-10,12-13,16-17,23,29H,3-7,11,14-15H2,(H,31,37)/t17-,23?/m1/s1. The summed E-state index contributed by atoms with van der Waals surface area (Å²) in [5.74, 6) is 0.108. The molecule has 2 atom stereocenters. The van der Waals surface area contributed by atoms with Gasteiger partial charge in [0.25, 0.3) is 11.5 Å². The summed E-state index contributed by atoms with van der Waals surface area (Å²) in [6.45, 7) is 2.45. The Morgan fingerprint density at radius 3 is 2.65 bits per heavy atom. The van der Waals surface area contributed by atoms with Crippen LogP contribution < -0.4 is 21.1 Å². The molecule has 0 spiro atoms. The topological polar surface area (TPSA) is 105 Å². The first-order valence-electron chi connectivity index (χ1n) is 12.5. The normalized spacial score (nSPS) is 19.4. The Labute approximate surface area is 211 Å². The number of amides is 1. The number of fused-ring (bicyclic) bond motifs is 1. The van der Waals surface area contributed by atoms with Gasteiger partial charge in [0, 0.05) is 31.4 Å². The van der Waals surface area contributed by atoms with Crippen molar-refractivity contribution in [1.29, 1.82) is 0 Å². The highest BCUT2D eigenvalue weighted by Gasteiger charge is 2.43. The van der Waals surface area contributed by atoms with Gasteiger partial charge in [-0.1, -0.05) is 12.5 Å². The van der Waals surface area contributed by atoms with Gasteiger partial charge in [0.15, 0.2) is 11.9 Å². The fourth-order valence-electron chi connectivity index (χ4n) is 4.74. The summed E-state index contributed by atoms with van der Waals surface area (Å²) < 4.78 is 42.9. The number of rotatable bonds is 7. The van der Waals surface area contributed by atoms with E-state index in [1.165, 1.54) is 48.1 Å². The summed E-state index contributed by atoms with van der Waals surface area (Å²) in [7, 11) is 0. The third-order valence-corrected chi connectivity index (χ3v) is 7.04. The molecule has 37 heavy (non-hydrogen) atoms. The quantitative estimate of drug-likeness (QED) is 0.499. The maximum Gasteiger partial charge on any atom is 0.414 e. The molecule has 2 N–H and O–H groups in total. The Kier molecular flexibility index (Phi) is 7.09. The number of nitrogens with zero attached hydrogens (tertiary/aromatic N) is 5. The van der Waals surface area contributed by atoms with Crippen molar-refractivity contribution in [3.63, 3.8) is 0 Å². The zero-order valence-electron chi connectivity index (χ0n) is 20.1. The van der Waals surface area contributed by atoms with E-state index in [1.54, 1.807) is 12.1 Å². The van der Waals surface area contributed by atoms with Crippen molar-refractivity contribution < 1.29 is 18.0 Å². The number of pyridine rings is 1. The summed E-state index contributed by atoms with van der Waals surface area (Å²) in [4.78, 5) is 31.0. The van der Waals surface area contributed by atoms with Gasteiger partial charge in [-0.2, -0.15) is 18.3 Å². The maximum atomic E-state index is 13.9. The largest absolute Gasteiger partial charge is 0.414 e. The monoisotopic (exact) mass is 515 g/mol. The lowest BCUT2D eigenvalue weighted by Gasteiger charge is -2.35. The molecule has 1 aliphatic heterocycles. The number of nitrogens with one attached hydrogen (secondary N) is 2. The van der Waals surface area contributed by atoms with Crippen molar-refractivity contribution >= 4 is 17.4 Å². The minimum atomic E-state index is -4.83. The molecular formula is C25H28F3N7O2. The van der Waals surface area contributed by atoms with Crippen molar-refractivity contribution in [3.8, 4) is 0 Å². The van der Waals surface area contributed by atoms with Crippen LogP contribution in [-0.4, -0.2) is 57.3 Å². The van der Waals surface area contributed by atoms with Crippen LogP contribution in [-0.2, 0) is 0 Å². The van der Waals surface area contributed by atoms with Crippen LogP contribution in [0.25, 0.3) is 5.65 Å². The lowest BCUT2D eigenvalue weighted by Crippen LogP contribution is -2.47. The van der Waals surface area contributed by atoms with Gasteiger partial charge in [-0.25, -0.2) is 4.98 Å². The van der Waals surface area contributed by atoms with Crippen molar-refractivity contribution in [2.45, 2.75) is 50.4 Å². The molecule has 0 radical (unpaired) electrons. The molecule has 3 aromatic heterocycles. The fraction of sp³-hybridized carbons (Fsp3) is 0.480. The summed E-state index contributed by atoms with van der Waals surface area (Å²) in [5, 5.41) is 13.4. The Balaban J connectivity index is 1.29. The van der Waals surface area contributed by atoms with Crippen LogP contribution in [0.2, 0.25) is 0 Å². The summed E-state index contributed by atoms with van der Waals surface area (Å²) in [6.07, 6.45) is 2.44. The van der Waals surface area contributed by atoms with E-state index in [0.29, 0.717) is 18.4 Å². The molecule has 1 amide bonds. The highest BCUT2D eigenvalue weighted by Crippen LogP contribution is 2.32. The maximum absolute atomic E-state index is 13.9. The van der Waals surface area contributed by atoms with Gasteiger partial charge >= 0.3 is 6.18 Å². The Morgan fingerprint density at radius 2 is 1.95 bits per heavy atom. The molecule has 0 aromatic carbocycles. The zero-order chi connectivity index (χ0) is 26.0. The first kappa shape index (κ1) is 25.1. The van der Waals surface area contributed by atoms with E-state index >= 15 is 0 Å². The molecule has 196 valence electrons. The van der Waals surface area contributed by atoms with E-state index in [-0.39, 0.29) is 5.65 Å². The molecule has 2 aliphatic rings. The van der Waals surface area contributed by atoms with Crippen LogP contribution in [0.5, 0.6) is 0 Å². The smallest absolute Gasteiger partial charge is 0.354 e. The number of aromatic nitrogens is 4. The van der Waals surface area contributed by atoms with Gasteiger partial charge in [0.2, 0.25) is 0 Å². The van der Waals surface area contributed by atoms with Crippen LogP contribution in [0.1, 0.15) is 54.3 Å². The molecule has 4 heterocycles. The van der Waals surface area contributed by atoms with E-state index < -0.39 is 35.1 Å². The highest BCUT2D eigenvalue weighted by atomic mass is 19.4. The molecule has 5 rings (SSSR count). The predicted octanol–water partition coefficient (Wildman–Crippen LogP) is 2.88. The van der Waals surface area contributed by atoms with Crippen molar-refractivity contribution in [2.24, 2.45) is 5.92 Å². The number of anilines is 1. The molecule has 0 bridgehead atoms. The number of hydrogen-bond acceptors (Lipinski definition) is 7.